The predicted molar refractivity (Wildman–Crippen MR) is 85.1 cm³/mol. The average Bonchev–Trinajstić information content (AvgIpc) is 2.94. The average molecular weight is 296 g/mol. The summed E-state index contributed by atoms with van der Waals surface area (Å²) in [4.78, 5) is 0. The highest BCUT2D eigenvalue weighted by Crippen LogP contribution is 2.37. The Bertz CT molecular complexity index is 398. The van der Waals surface area contributed by atoms with Crippen molar-refractivity contribution in [3.8, 4) is 0 Å². The quantitative estimate of drug-likeness (QED) is 0.785. The number of aliphatic hydroxyl groups excluding tert-OH is 1. The summed E-state index contributed by atoms with van der Waals surface area (Å²) in [5.41, 5.74) is 1.40. The van der Waals surface area contributed by atoms with Gasteiger partial charge < -0.3 is 10.4 Å². The van der Waals surface area contributed by atoms with Crippen LogP contribution in [0.5, 0.6) is 0 Å². The first-order chi connectivity index (χ1) is 9.69. The van der Waals surface area contributed by atoms with Gasteiger partial charge in [-0.15, -0.1) is 0 Å². The Kier molecular flexibility index (Phi) is 5.88. The van der Waals surface area contributed by atoms with E-state index in [-0.39, 0.29) is 5.41 Å². The zero-order chi connectivity index (χ0) is 14.4. The summed E-state index contributed by atoms with van der Waals surface area (Å²) in [5, 5.41) is 14.2. The van der Waals surface area contributed by atoms with Crippen molar-refractivity contribution in [2.75, 3.05) is 13.2 Å². The molecule has 112 valence electrons. The van der Waals surface area contributed by atoms with Crippen LogP contribution in [0, 0.1) is 5.41 Å². The van der Waals surface area contributed by atoms with Gasteiger partial charge in [-0.3, -0.25) is 0 Å². The summed E-state index contributed by atoms with van der Waals surface area (Å²) in [6.07, 6.45) is 7.06. The molecule has 1 aromatic carbocycles. The molecule has 1 aromatic rings. The van der Waals surface area contributed by atoms with E-state index < -0.39 is 0 Å². The zero-order valence-corrected chi connectivity index (χ0v) is 13.1. The van der Waals surface area contributed by atoms with Crippen LogP contribution in [0.2, 0.25) is 5.02 Å². The first-order valence-corrected chi connectivity index (χ1v) is 8.17. The maximum Gasteiger partial charge on any atom is 0.0499 e. The topological polar surface area (TPSA) is 32.3 Å². The van der Waals surface area contributed by atoms with Crippen molar-refractivity contribution in [3.63, 3.8) is 0 Å². The normalized spacial score (nSPS) is 19.1. The van der Waals surface area contributed by atoms with Crippen molar-refractivity contribution in [1.29, 1.82) is 0 Å². The van der Waals surface area contributed by atoms with Crippen molar-refractivity contribution in [3.05, 3.63) is 34.9 Å². The molecule has 0 spiro atoms. The van der Waals surface area contributed by atoms with Gasteiger partial charge in [-0.05, 0) is 37.0 Å². The van der Waals surface area contributed by atoms with E-state index >= 15 is 0 Å². The Morgan fingerprint density at radius 1 is 1.25 bits per heavy atom. The molecule has 1 aliphatic carbocycles. The highest BCUT2D eigenvalue weighted by atomic mass is 35.5. The fourth-order valence-corrected chi connectivity index (χ4v) is 3.35. The van der Waals surface area contributed by atoms with E-state index in [9.17, 15) is 5.11 Å². The molecule has 0 amide bonds. The van der Waals surface area contributed by atoms with Gasteiger partial charge >= 0.3 is 0 Å². The molecule has 2 rings (SSSR count). The van der Waals surface area contributed by atoms with E-state index in [1.54, 1.807) is 0 Å². The lowest BCUT2D eigenvalue weighted by atomic mass is 9.86. The first-order valence-electron chi connectivity index (χ1n) is 7.79. The Labute approximate surface area is 127 Å². The number of halogens is 1. The highest BCUT2D eigenvalue weighted by molar-refractivity contribution is 6.30. The molecule has 0 heterocycles. The third-order valence-electron chi connectivity index (χ3n) is 4.57. The molecule has 20 heavy (non-hydrogen) atoms. The van der Waals surface area contributed by atoms with Crippen molar-refractivity contribution < 1.29 is 5.11 Å². The van der Waals surface area contributed by atoms with Gasteiger partial charge in [0, 0.05) is 29.6 Å². The maximum atomic E-state index is 9.71. The van der Waals surface area contributed by atoms with Crippen LogP contribution >= 0.6 is 11.6 Å². The molecule has 0 bridgehead atoms. The predicted octanol–water partition coefficient (Wildman–Crippen LogP) is 4.32. The maximum absolute atomic E-state index is 9.71. The fraction of sp³-hybridized carbons (Fsp3) is 0.647. The number of aliphatic hydroxyl groups is 1. The van der Waals surface area contributed by atoms with E-state index in [1.807, 2.05) is 12.1 Å². The fourth-order valence-electron chi connectivity index (χ4n) is 3.23. The minimum absolute atomic E-state index is 0.110. The SMILES string of the molecule is CCCC(NCC1(CO)CCCC1)c1ccc(Cl)cc1. The molecule has 0 aliphatic heterocycles. The van der Waals surface area contributed by atoms with Gasteiger partial charge in [-0.1, -0.05) is 49.9 Å². The number of benzene rings is 1. The van der Waals surface area contributed by atoms with E-state index in [0.717, 1.165) is 37.3 Å². The third kappa shape index (κ3) is 3.97. The monoisotopic (exact) mass is 295 g/mol. The number of hydrogen-bond acceptors (Lipinski definition) is 2. The van der Waals surface area contributed by atoms with Gasteiger partial charge in [0.15, 0.2) is 0 Å². The molecule has 2 N–H and O–H groups in total. The largest absolute Gasteiger partial charge is 0.396 e. The minimum Gasteiger partial charge on any atom is -0.396 e. The molecule has 1 unspecified atom stereocenters. The molecule has 3 heteroatoms. The second-order valence-electron chi connectivity index (χ2n) is 6.14. The van der Waals surface area contributed by atoms with Gasteiger partial charge in [0.25, 0.3) is 0 Å². The Hall–Kier alpha value is -0.570. The lowest BCUT2D eigenvalue weighted by molar-refractivity contribution is 0.124. The number of hydrogen-bond donors (Lipinski definition) is 2. The van der Waals surface area contributed by atoms with Crippen LogP contribution in [0.4, 0.5) is 0 Å². The Morgan fingerprint density at radius 3 is 2.45 bits per heavy atom. The summed E-state index contributed by atoms with van der Waals surface area (Å²) in [5.74, 6) is 0. The van der Waals surface area contributed by atoms with E-state index in [4.69, 9.17) is 11.6 Å². The van der Waals surface area contributed by atoms with Crippen LogP contribution < -0.4 is 5.32 Å². The molecule has 2 nitrogen and oxygen atoms in total. The molecule has 0 radical (unpaired) electrons. The second kappa shape index (κ2) is 7.44. The highest BCUT2D eigenvalue weighted by Gasteiger charge is 2.33. The summed E-state index contributed by atoms with van der Waals surface area (Å²) in [7, 11) is 0. The molecule has 0 aromatic heterocycles. The standard InChI is InChI=1S/C17H26ClNO/c1-2-5-16(14-6-8-15(18)9-7-14)19-12-17(13-20)10-3-4-11-17/h6-9,16,19-20H,2-5,10-13H2,1H3. The van der Waals surface area contributed by atoms with Crippen molar-refractivity contribution in [1.82, 2.24) is 5.32 Å². The molecule has 1 aliphatic rings. The number of rotatable bonds is 7. The molecule has 1 atom stereocenters. The molecule has 0 saturated heterocycles. The van der Waals surface area contributed by atoms with Gasteiger partial charge in [0.1, 0.15) is 0 Å². The van der Waals surface area contributed by atoms with Gasteiger partial charge in [-0.2, -0.15) is 0 Å². The molecule has 1 fully saturated rings. The van der Waals surface area contributed by atoms with Crippen LogP contribution in [0.1, 0.15) is 57.1 Å². The van der Waals surface area contributed by atoms with Gasteiger partial charge in [0.05, 0.1) is 0 Å². The van der Waals surface area contributed by atoms with Crippen molar-refractivity contribution in [2.45, 2.75) is 51.5 Å². The van der Waals surface area contributed by atoms with Crippen LogP contribution in [0.3, 0.4) is 0 Å². The van der Waals surface area contributed by atoms with Crippen molar-refractivity contribution >= 4 is 11.6 Å². The summed E-state index contributed by atoms with van der Waals surface area (Å²) >= 11 is 5.97. The summed E-state index contributed by atoms with van der Waals surface area (Å²) in [6, 6.07) is 8.49. The van der Waals surface area contributed by atoms with Crippen LogP contribution in [-0.2, 0) is 0 Å². The van der Waals surface area contributed by atoms with Gasteiger partial charge in [-0.25, -0.2) is 0 Å². The lowest BCUT2D eigenvalue weighted by Gasteiger charge is -2.30. The second-order valence-corrected chi connectivity index (χ2v) is 6.58. The minimum atomic E-state index is 0.110. The van der Waals surface area contributed by atoms with Crippen molar-refractivity contribution in [2.24, 2.45) is 5.41 Å². The lowest BCUT2D eigenvalue weighted by Crippen LogP contribution is -2.37. The molecule has 1 saturated carbocycles. The van der Waals surface area contributed by atoms with Crippen LogP contribution in [0.15, 0.2) is 24.3 Å². The van der Waals surface area contributed by atoms with E-state index in [1.165, 1.54) is 18.4 Å². The molecular formula is C17H26ClNO. The van der Waals surface area contributed by atoms with Crippen LogP contribution in [0.25, 0.3) is 0 Å². The first kappa shape index (κ1) is 15.8. The molecular weight excluding hydrogens is 270 g/mol. The van der Waals surface area contributed by atoms with E-state index in [2.05, 4.69) is 24.4 Å². The zero-order valence-electron chi connectivity index (χ0n) is 12.4. The van der Waals surface area contributed by atoms with Crippen LogP contribution in [-0.4, -0.2) is 18.3 Å². The smallest absolute Gasteiger partial charge is 0.0499 e. The third-order valence-corrected chi connectivity index (χ3v) is 4.82. The summed E-state index contributed by atoms with van der Waals surface area (Å²) in [6.45, 7) is 3.43. The van der Waals surface area contributed by atoms with Gasteiger partial charge in [0.2, 0.25) is 0 Å². The Balaban J connectivity index is 2.00. The Morgan fingerprint density at radius 2 is 1.90 bits per heavy atom. The summed E-state index contributed by atoms with van der Waals surface area (Å²) < 4.78 is 0. The number of nitrogens with one attached hydrogen (secondary N) is 1. The van der Waals surface area contributed by atoms with E-state index in [0.29, 0.717) is 12.6 Å².